The van der Waals surface area contributed by atoms with Gasteiger partial charge < -0.3 is 5.32 Å². The molecular formula is C15H13ClFNO. The molecule has 0 unspecified atom stereocenters. The predicted octanol–water partition coefficient (Wildman–Crippen LogP) is 3.72. The average molecular weight is 278 g/mol. The molecule has 1 N–H and O–H groups in total. The highest BCUT2D eigenvalue weighted by Crippen LogP contribution is 2.18. The minimum absolute atomic E-state index is 0.218. The highest BCUT2D eigenvalue weighted by molar-refractivity contribution is 6.31. The van der Waals surface area contributed by atoms with Crippen molar-refractivity contribution in [2.75, 3.05) is 0 Å². The molecule has 2 nitrogen and oxygen atoms in total. The fourth-order valence-corrected chi connectivity index (χ4v) is 1.95. The Morgan fingerprint density at radius 2 is 2.00 bits per heavy atom. The Bertz CT molecular complexity index is 613. The van der Waals surface area contributed by atoms with Crippen LogP contribution in [0.15, 0.2) is 42.5 Å². The van der Waals surface area contributed by atoms with Gasteiger partial charge in [0.25, 0.3) is 5.91 Å². The number of hydrogen-bond acceptors (Lipinski definition) is 1. The molecule has 19 heavy (non-hydrogen) atoms. The van der Waals surface area contributed by atoms with E-state index in [-0.39, 0.29) is 18.3 Å². The van der Waals surface area contributed by atoms with E-state index in [1.165, 1.54) is 12.1 Å². The van der Waals surface area contributed by atoms with Crippen LogP contribution in [0.4, 0.5) is 4.39 Å². The fourth-order valence-electron chi connectivity index (χ4n) is 1.78. The van der Waals surface area contributed by atoms with Crippen molar-refractivity contribution in [1.82, 2.24) is 5.32 Å². The Balaban J connectivity index is 2.08. The first-order valence-corrected chi connectivity index (χ1v) is 6.23. The van der Waals surface area contributed by atoms with Gasteiger partial charge >= 0.3 is 0 Å². The first kappa shape index (κ1) is 13.6. The molecule has 0 heterocycles. The molecule has 0 aliphatic heterocycles. The molecule has 4 heteroatoms. The zero-order valence-electron chi connectivity index (χ0n) is 10.4. The number of nitrogens with one attached hydrogen (secondary N) is 1. The normalized spacial score (nSPS) is 10.3. The lowest BCUT2D eigenvalue weighted by atomic mass is 10.1. The van der Waals surface area contributed by atoms with Crippen molar-refractivity contribution in [1.29, 1.82) is 0 Å². The molecule has 2 aromatic rings. The number of carbonyl (C=O) groups is 1. The number of hydrogen-bond donors (Lipinski definition) is 1. The van der Waals surface area contributed by atoms with Gasteiger partial charge in [0.15, 0.2) is 0 Å². The van der Waals surface area contributed by atoms with Crippen LogP contribution in [0.25, 0.3) is 0 Å². The minimum atomic E-state index is -0.314. The van der Waals surface area contributed by atoms with Crippen LogP contribution >= 0.6 is 11.6 Å². The van der Waals surface area contributed by atoms with E-state index in [1.807, 2.05) is 0 Å². The number of benzene rings is 2. The Hall–Kier alpha value is -1.87. The van der Waals surface area contributed by atoms with E-state index < -0.39 is 0 Å². The van der Waals surface area contributed by atoms with Gasteiger partial charge in [0.1, 0.15) is 5.82 Å². The van der Waals surface area contributed by atoms with Crippen molar-refractivity contribution in [3.05, 3.63) is 70.0 Å². The van der Waals surface area contributed by atoms with Crippen LogP contribution in [-0.2, 0) is 6.54 Å². The molecule has 1 amide bonds. The van der Waals surface area contributed by atoms with Gasteiger partial charge in [0.05, 0.1) is 0 Å². The standard InChI is InChI=1S/C15H13ClFNO/c1-10-13(6-3-7-14(10)16)15(19)18-9-11-4-2-5-12(17)8-11/h2-8H,9H2,1H3,(H,18,19). The molecule has 0 saturated carbocycles. The SMILES string of the molecule is Cc1c(Cl)cccc1C(=O)NCc1cccc(F)c1. The topological polar surface area (TPSA) is 29.1 Å². The second-order valence-electron chi connectivity index (χ2n) is 4.22. The van der Waals surface area contributed by atoms with Crippen molar-refractivity contribution >= 4 is 17.5 Å². The average Bonchev–Trinajstić information content (AvgIpc) is 2.39. The molecule has 0 aliphatic rings. The van der Waals surface area contributed by atoms with Gasteiger partial charge in [-0.15, -0.1) is 0 Å². The first-order chi connectivity index (χ1) is 9.08. The maximum absolute atomic E-state index is 13.0. The number of halogens is 2. The monoisotopic (exact) mass is 277 g/mol. The van der Waals surface area contributed by atoms with E-state index in [9.17, 15) is 9.18 Å². The quantitative estimate of drug-likeness (QED) is 0.910. The molecular weight excluding hydrogens is 265 g/mol. The molecule has 2 rings (SSSR count). The molecule has 0 saturated heterocycles. The van der Waals surface area contributed by atoms with Crippen molar-refractivity contribution in [3.8, 4) is 0 Å². The lowest BCUT2D eigenvalue weighted by molar-refractivity contribution is 0.0950. The van der Waals surface area contributed by atoms with Crippen molar-refractivity contribution < 1.29 is 9.18 Å². The molecule has 0 fully saturated rings. The fraction of sp³-hybridized carbons (Fsp3) is 0.133. The third-order valence-corrected chi connectivity index (χ3v) is 3.26. The van der Waals surface area contributed by atoms with E-state index in [1.54, 1.807) is 37.3 Å². The van der Waals surface area contributed by atoms with Gasteiger partial charge in [0.2, 0.25) is 0 Å². The summed E-state index contributed by atoms with van der Waals surface area (Å²) in [5.41, 5.74) is 1.98. The van der Waals surface area contributed by atoms with E-state index in [0.717, 1.165) is 5.56 Å². The summed E-state index contributed by atoms with van der Waals surface area (Å²) in [7, 11) is 0. The van der Waals surface area contributed by atoms with Crippen LogP contribution in [0.2, 0.25) is 5.02 Å². The summed E-state index contributed by atoms with van der Waals surface area (Å²) >= 11 is 5.97. The van der Waals surface area contributed by atoms with Gasteiger partial charge in [-0.1, -0.05) is 29.8 Å². The minimum Gasteiger partial charge on any atom is -0.348 e. The summed E-state index contributed by atoms with van der Waals surface area (Å²) in [5, 5.41) is 3.30. The van der Waals surface area contributed by atoms with Crippen molar-refractivity contribution in [2.45, 2.75) is 13.5 Å². The van der Waals surface area contributed by atoms with E-state index >= 15 is 0 Å². The van der Waals surface area contributed by atoms with Crippen LogP contribution < -0.4 is 5.32 Å². The largest absolute Gasteiger partial charge is 0.348 e. The van der Waals surface area contributed by atoms with Crippen LogP contribution in [-0.4, -0.2) is 5.91 Å². The Morgan fingerprint density at radius 1 is 1.26 bits per heavy atom. The third kappa shape index (κ3) is 3.32. The second-order valence-corrected chi connectivity index (χ2v) is 4.63. The Morgan fingerprint density at radius 3 is 2.74 bits per heavy atom. The summed E-state index contributed by atoms with van der Waals surface area (Å²) < 4.78 is 13.0. The molecule has 0 bridgehead atoms. The summed E-state index contributed by atoms with van der Waals surface area (Å²) in [4.78, 5) is 12.0. The van der Waals surface area contributed by atoms with E-state index in [2.05, 4.69) is 5.32 Å². The van der Waals surface area contributed by atoms with Gasteiger partial charge in [0, 0.05) is 17.1 Å². The summed E-state index contributed by atoms with van der Waals surface area (Å²) in [6, 6.07) is 11.3. The van der Waals surface area contributed by atoms with Gasteiger partial charge in [-0.3, -0.25) is 4.79 Å². The van der Waals surface area contributed by atoms with Gasteiger partial charge in [-0.25, -0.2) is 4.39 Å². The number of rotatable bonds is 3. The van der Waals surface area contributed by atoms with Crippen LogP contribution in [0.1, 0.15) is 21.5 Å². The second kappa shape index (κ2) is 5.85. The maximum Gasteiger partial charge on any atom is 0.251 e. The number of amides is 1. The molecule has 2 aromatic carbocycles. The van der Waals surface area contributed by atoms with Gasteiger partial charge in [-0.05, 0) is 42.3 Å². The zero-order valence-corrected chi connectivity index (χ0v) is 11.2. The van der Waals surface area contributed by atoms with Crippen molar-refractivity contribution in [3.63, 3.8) is 0 Å². The molecule has 0 atom stereocenters. The summed E-state index contributed by atoms with van der Waals surface area (Å²) in [6.07, 6.45) is 0. The van der Waals surface area contributed by atoms with Crippen molar-refractivity contribution in [2.24, 2.45) is 0 Å². The highest BCUT2D eigenvalue weighted by atomic mass is 35.5. The predicted molar refractivity (Wildman–Crippen MR) is 73.8 cm³/mol. The van der Waals surface area contributed by atoms with Crippen LogP contribution in [0.3, 0.4) is 0 Å². The summed E-state index contributed by atoms with van der Waals surface area (Å²) in [6.45, 7) is 2.07. The molecule has 0 spiro atoms. The lowest BCUT2D eigenvalue weighted by Gasteiger charge is -2.08. The highest BCUT2D eigenvalue weighted by Gasteiger charge is 2.10. The van der Waals surface area contributed by atoms with Crippen LogP contribution in [0.5, 0.6) is 0 Å². The molecule has 0 radical (unpaired) electrons. The molecule has 0 aliphatic carbocycles. The Labute approximate surface area is 116 Å². The maximum atomic E-state index is 13.0. The van der Waals surface area contributed by atoms with Crippen LogP contribution in [0, 0.1) is 12.7 Å². The third-order valence-electron chi connectivity index (χ3n) is 2.85. The smallest absolute Gasteiger partial charge is 0.251 e. The van der Waals surface area contributed by atoms with E-state index in [0.29, 0.717) is 16.1 Å². The van der Waals surface area contributed by atoms with E-state index in [4.69, 9.17) is 11.6 Å². The zero-order chi connectivity index (χ0) is 13.8. The molecule has 0 aromatic heterocycles. The number of carbonyl (C=O) groups excluding carboxylic acids is 1. The summed E-state index contributed by atoms with van der Waals surface area (Å²) in [5.74, 6) is -0.532. The molecule has 98 valence electrons. The van der Waals surface area contributed by atoms with Gasteiger partial charge in [-0.2, -0.15) is 0 Å². The lowest BCUT2D eigenvalue weighted by Crippen LogP contribution is -2.23. The Kier molecular flexibility index (Phi) is 4.17. The first-order valence-electron chi connectivity index (χ1n) is 5.85.